The van der Waals surface area contributed by atoms with Gasteiger partial charge in [-0.3, -0.25) is 14.2 Å². The molecule has 2 N–H and O–H groups in total. The van der Waals surface area contributed by atoms with E-state index in [2.05, 4.69) is 18.8 Å². The maximum absolute atomic E-state index is 13.2. The average molecular weight is 416 g/mol. The molecule has 0 aliphatic rings. The number of hydrogen-bond donors (Lipinski definition) is 1. The minimum Gasteiger partial charge on any atom is -0.370 e. The van der Waals surface area contributed by atoms with Gasteiger partial charge in [0.05, 0.1) is 16.6 Å². The Hall–Kier alpha value is -2.31. The Morgan fingerprint density at radius 1 is 1.25 bits per heavy atom. The smallest absolute Gasteiger partial charge is 0.266 e. The Kier molecular flexibility index (Phi) is 6.42. The van der Waals surface area contributed by atoms with Gasteiger partial charge in [0.15, 0.2) is 5.16 Å². The van der Waals surface area contributed by atoms with Crippen LogP contribution in [0.5, 0.6) is 0 Å². The van der Waals surface area contributed by atoms with Crippen molar-refractivity contribution in [3.05, 3.63) is 63.4 Å². The first-order chi connectivity index (χ1) is 13.4. The first-order valence-corrected chi connectivity index (χ1v) is 10.5. The Morgan fingerprint density at radius 3 is 2.61 bits per heavy atom. The molecule has 1 amide bonds. The number of halogens is 1. The molecule has 0 bridgehead atoms. The zero-order chi connectivity index (χ0) is 20.3. The van der Waals surface area contributed by atoms with Crippen LogP contribution in [0.2, 0.25) is 5.02 Å². The van der Waals surface area contributed by atoms with Crippen LogP contribution in [0, 0.1) is 0 Å². The summed E-state index contributed by atoms with van der Waals surface area (Å²) in [6.45, 7) is 4.32. The SMILES string of the molecule is CC[C@@H](C)c1ccc(-n2c(SCCC(N)=O)nc3ccc(Cl)cc3c2=O)cc1. The van der Waals surface area contributed by atoms with Gasteiger partial charge in [-0.1, -0.05) is 49.3 Å². The number of carbonyl (C=O) groups excluding carboxylic acids is 1. The number of carbonyl (C=O) groups is 1. The van der Waals surface area contributed by atoms with Crippen molar-refractivity contribution in [2.24, 2.45) is 5.73 Å². The summed E-state index contributed by atoms with van der Waals surface area (Å²) in [5.74, 6) is 0.516. The largest absolute Gasteiger partial charge is 0.370 e. The molecule has 0 radical (unpaired) electrons. The van der Waals surface area contributed by atoms with E-state index in [1.54, 1.807) is 22.8 Å². The van der Waals surface area contributed by atoms with E-state index in [-0.39, 0.29) is 17.9 Å². The highest BCUT2D eigenvalue weighted by Crippen LogP contribution is 2.25. The van der Waals surface area contributed by atoms with E-state index in [9.17, 15) is 9.59 Å². The van der Waals surface area contributed by atoms with Crippen molar-refractivity contribution in [3.63, 3.8) is 0 Å². The molecular weight excluding hydrogens is 394 g/mol. The summed E-state index contributed by atoms with van der Waals surface area (Å²) < 4.78 is 1.57. The van der Waals surface area contributed by atoms with Crippen LogP contribution >= 0.6 is 23.4 Å². The van der Waals surface area contributed by atoms with Crippen molar-refractivity contribution in [1.82, 2.24) is 9.55 Å². The number of hydrogen-bond acceptors (Lipinski definition) is 4. The van der Waals surface area contributed by atoms with Crippen LogP contribution < -0.4 is 11.3 Å². The van der Waals surface area contributed by atoms with E-state index in [0.29, 0.717) is 32.8 Å². The zero-order valence-corrected chi connectivity index (χ0v) is 17.4. The van der Waals surface area contributed by atoms with Crippen LogP contribution in [-0.4, -0.2) is 21.2 Å². The maximum Gasteiger partial charge on any atom is 0.266 e. The van der Waals surface area contributed by atoms with Crippen LogP contribution in [0.15, 0.2) is 52.4 Å². The van der Waals surface area contributed by atoms with E-state index in [1.807, 2.05) is 24.3 Å². The molecule has 7 heteroatoms. The second-order valence-corrected chi connectivity index (χ2v) is 8.16. The molecule has 1 atom stereocenters. The van der Waals surface area contributed by atoms with Crippen molar-refractivity contribution >= 4 is 40.2 Å². The first kappa shape index (κ1) is 20.4. The molecule has 1 heterocycles. The van der Waals surface area contributed by atoms with Gasteiger partial charge in [0.25, 0.3) is 5.56 Å². The number of benzene rings is 2. The number of amides is 1. The molecule has 0 unspecified atom stereocenters. The monoisotopic (exact) mass is 415 g/mol. The number of aromatic nitrogens is 2. The van der Waals surface area contributed by atoms with Gasteiger partial charge in [-0.25, -0.2) is 4.98 Å². The van der Waals surface area contributed by atoms with Crippen LogP contribution in [-0.2, 0) is 4.79 Å². The highest BCUT2D eigenvalue weighted by atomic mass is 35.5. The van der Waals surface area contributed by atoms with Crippen molar-refractivity contribution < 1.29 is 4.79 Å². The van der Waals surface area contributed by atoms with Gasteiger partial charge in [0, 0.05) is 17.2 Å². The van der Waals surface area contributed by atoms with Crippen molar-refractivity contribution in [2.75, 3.05) is 5.75 Å². The lowest BCUT2D eigenvalue weighted by atomic mass is 9.98. The second-order valence-electron chi connectivity index (χ2n) is 6.66. The number of primary amides is 1. The van der Waals surface area contributed by atoms with Crippen LogP contribution in [0.25, 0.3) is 16.6 Å². The van der Waals surface area contributed by atoms with Crippen LogP contribution in [0.3, 0.4) is 0 Å². The summed E-state index contributed by atoms with van der Waals surface area (Å²) >= 11 is 7.42. The van der Waals surface area contributed by atoms with E-state index in [4.69, 9.17) is 17.3 Å². The molecule has 0 saturated heterocycles. The predicted molar refractivity (Wildman–Crippen MR) is 116 cm³/mol. The zero-order valence-electron chi connectivity index (χ0n) is 15.8. The number of nitrogens with two attached hydrogens (primary N) is 1. The minimum absolute atomic E-state index is 0.189. The Bertz CT molecular complexity index is 1060. The molecule has 28 heavy (non-hydrogen) atoms. The van der Waals surface area contributed by atoms with Gasteiger partial charge in [-0.05, 0) is 48.2 Å². The fraction of sp³-hybridized carbons (Fsp3) is 0.286. The second kappa shape index (κ2) is 8.80. The predicted octanol–water partition coefficient (Wildman–Crippen LogP) is 4.52. The normalized spacial score (nSPS) is 12.2. The Labute approximate surface area is 172 Å². The molecule has 3 aromatic rings. The quantitative estimate of drug-likeness (QED) is 0.454. The summed E-state index contributed by atoms with van der Waals surface area (Å²) in [5.41, 5.74) is 7.58. The lowest BCUT2D eigenvalue weighted by Crippen LogP contribution is -2.22. The fourth-order valence-electron chi connectivity index (χ4n) is 2.89. The minimum atomic E-state index is -0.383. The summed E-state index contributed by atoms with van der Waals surface area (Å²) in [6, 6.07) is 13.0. The maximum atomic E-state index is 13.2. The van der Waals surface area contributed by atoms with E-state index in [0.717, 1.165) is 12.1 Å². The van der Waals surface area contributed by atoms with Crippen LogP contribution in [0.1, 0.15) is 38.2 Å². The molecule has 0 spiro atoms. The molecule has 5 nitrogen and oxygen atoms in total. The third kappa shape index (κ3) is 4.39. The summed E-state index contributed by atoms with van der Waals surface area (Å²) in [5, 5.41) is 1.47. The average Bonchev–Trinajstić information content (AvgIpc) is 2.68. The highest BCUT2D eigenvalue weighted by molar-refractivity contribution is 7.99. The number of fused-ring (bicyclic) bond motifs is 1. The molecule has 3 rings (SSSR count). The molecule has 0 aliphatic carbocycles. The first-order valence-electron chi connectivity index (χ1n) is 9.14. The standard InChI is InChI=1S/C21H22ClN3O2S/c1-3-13(2)14-4-7-16(8-5-14)25-20(27)17-12-15(22)6-9-18(17)24-21(25)28-11-10-19(23)26/h4-9,12-13H,3,10-11H2,1-2H3,(H2,23,26)/t13-/m1/s1. The van der Waals surface area contributed by atoms with Gasteiger partial charge in [0.1, 0.15) is 0 Å². The van der Waals surface area contributed by atoms with Crippen molar-refractivity contribution in [2.45, 2.75) is 37.8 Å². The molecule has 0 aliphatic heterocycles. The molecule has 1 aromatic heterocycles. The topological polar surface area (TPSA) is 78.0 Å². The number of nitrogens with zero attached hydrogens (tertiary/aromatic N) is 2. The number of rotatable bonds is 7. The third-order valence-corrected chi connectivity index (χ3v) is 5.89. The summed E-state index contributed by atoms with van der Waals surface area (Å²) in [6.07, 6.45) is 1.26. The van der Waals surface area contributed by atoms with Gasteiger partial charge in [-0.2, -0.15) is 0 Å². The van der Waals surface area contributed by atoms with Gasteiger partial charge in [0.2, 0.25) is 5.91 Å². The summed E-state index contributed by atoms with van der Waals surface area (Å²) in [7, 11) is 0. The van der Waals surface area contributed by atoms with Crippen molar-refractivity contribution in [3.8, 4) is 5.69 Å². The molecular formula is C21H22ClN3O2S. The molecule has 2 aromatic carbocycles. The van der Waals surface area contributed by atoms with E-state index in [1.165, 1.54) is 17.3 Å². The molecule has 0 saturated carbocycles. The van der Waals surface area contributed by atoms with Gasteiger partial charge >= 0.3 is 0 Å². The lowest BCUT2D eigenvalue weighted by Gasteiger charge is -2.15. The van der Waals surface area contributed by atoms with Gasteiger partial charge < -0.3 is 5.73 Å². The molecule has 0 fully saturated rings. The lowest BCUT2D eigenvalue weighted by molar-refractivity contribution is -0.117. The molecule has 146 valence electrons. The van der Waals surface area contributed by atoms with Gasteiger partial charge in [-0.15, -0.1) is 0 Å². The number of thioether (sulfide) groups is 1. The summed E-state index contributed by atoms with van der Waals surface area (Å²) in [4.78, 5) is 29.0. The van der Waals surface area contributed by atoms with E-state index < -0.39 is 0 Å². The third-order valence-electron chi connectivity index (χ3n) is 4.71. The highest BCUT2D eigenvalue weighted by Gasteiger charge is 2.15. The van der Waals surface area contributed by atoms with Crippen LogP contribution in [0.4, 0.5) is 0 Å². The Balaban J connectivity index is 2.13. The van der Waals surface area contributed by atoms with E-state index >= 15 is 0 Å². The Morgan fingerprint density at radius 2 is 1.96 bits per heavy atom. The fourth-order valence-corrected chi connectivity index (χ4v) is 4.03. The van der Waals surface area contributed by atoms with Crippen molar-refractivity contribution in [1.29, 1.82) is 0 Å².